The molecule has 0 fully saturated rings. The molecule has 0 amide bonds. The molecule has 1 aromatic rings. The van der Waals surface area contributed by atoms with Gasteiger partial charge in [-0.05, 0) is 23.6 Å². The molecule has 1 aromatic carbocycles. The SMILES string of the molecule is COc1cc2c(cc1OC)C(CC(C)C)[NH+](C)CC2. The monoisotopic (exact) mass is 264 g/mol. The summed E-state index contributed by atoms with van der Waals surface area (Å²) in [5.74, 6) is 2.41. The van der Waals surface area contributed by atoms with Crippen LogP contribution in [0.2, 0.25) is 0 Å². The quantitative estimate of drug-likeness (QED) is 0.897. The lowest BCUT2D eigenvalue weighted by molar-refractivity contribution is -0.915. The highest BCUT2D eigenvalue weighted by atomic mass is 16.5. The molecule has 3 heteroatoms. The van der Waals surface area contributed by atoms with Crippen LogP contribution in [0.15, 0.2) is 12.1 Å². The highest BCUT2D eigenvalue weighted by molar-refractivity contribution is 5.48. The summed E-state index contributed by atoms with van der Waals surface area (Å²) in [6.07, 6.45) is 2.34. The Labute approximate surface area is 116 Å². The summed E-state index contributed by atoms with van der Waals surface area (Å²) in [4.78, 5) is 1.61. The minimum absolute atomic E-state index is 0.573. The average molecular weight is 264 g/mol. The van der Waals surface area contributed by atoms with Crippen LogP contribution in [-0.2, 0) is 6.42 Å². The second kappa shape index (κ2) is 5.83. The third kappa shape index (κ3) is 2.86. The molecule has 1 aliphatic heterocycles. The molecule has 0 saturated carbocycles. The van der Waals surface area contributed by atoms with Crippen molar-refractivity contribution in [3.8, 4) is 11.5 Å². The van der Waals surface area contributed by atoms with Gasteiger partial charge in [0, 0.05) is 18.4 Å². The summed E-state index contributed by atoms with van der Waals surface area (Å²) < 4.78 is 10.9. The Hall–Kier alpha value is -1.22. The van der Waals surface area contributed by atoms with Gasteiger partial charge in [0.2, 0.25) is 0 Å². The van der Waals surface area contributed by atoms with Gasteiger partial charge in [-0.2, -0.15) is 0 Å². The maximum atomic E-state index is 5.46. The van der Waals surface area contributed by atoms with Crippen molar-refractivity contribution < 1.29 is 14.4 Å². The van der Waals surface area contributed by atoms with Gasteiger partial charge in [0.05, 0.1) is 27.8 Å². The molecule has 19 heavy (non-hydrogen) atoms. The van der Waals surface area contributed by atoms with Crippen LogP contribution in [-0.4, -0.2) is 27.8 Å². The summed E-state index contributed by atoms with van der Waals surface area (Å²) in [7, 11) is 5.71. The lowest BCUT2D eigenvalue weighted by Gasteiger charge is -2.33. The predicted octanol–water partition coefficient (Wildman–Crippen LogP) is 1.86. The number of benzene rings is 1. The van der Waals surface area contributed by atoms with E-state index >= 15 is 0 Å². The van der Waals surface area contributed by atoms with E-state index in [-0.39, 0.29) is 0 Å². The minimum Gasteiger partial charge on any atom is -0.493 e. The van der Waals surface area contributed by atoms with Crippen LogP contribution in [0, 0.1) is 5.92 Å². The van der Waals surface area contributed by atoms with Gasteiger partial charge in [0.1, 0.15) is 6.04 Å². The van der Waals surface area contributed by atoms with E-state index < -0.39 is 0 Å². The van der Waals surface area contributed by atoms with E-state index in [4.69, 9.17) is 9.47 Å². The van der Waals surface area contributed by atoms with Crippen LogP contribution in [0.3, 0.4) is 0 Å². The third-order valence-electron chi connectivity index (χ3n) is 4.11. The van der Waals surface area contributed by atoms with E-state index in [2.05, 4.69) is 33.0 Å². The smallest absolute Gasteiger partial charge is 0.161 e. The van der Waals surface area contributed by atoms with E-state index in [1.54, 1.807) is 19.1 Å². The lowest BCUT2D eigenvalue weighted by atomic mass is 9.87. The van der Waals surface area contributed by atoms with Crippen molar-refractivity contribution >= 4 is 0 Å². The first-order valence-electron chi connectivity index (χ1n) is 7.14. The number of fused-ring (bicyclic) bond motifs is 1. The Kier molecular flexibility index (Phi) is 4.35. The summed E-state index contributed by atoms with van der Waals surface area (Å²) >= 11 is 0. The normalized spacial score (nSPS) is 22.2. The van der Waals surface area contributed by atoms with Gasteiger partial charge >= 0.3 is 0 Å². The number of rotatable bonds is 4. The van der Waals surface area contributed by atoms with Crippen LogP contribution in [0.5, 0.6) is 11.5 Å². The van der Waals surface area contributed by atoms with Crippen LogP contribution in [0.4, 0.5) is 0 Å². The Morgan fingerprint density at radius 3 is 2.42 bits per heavy atom. The summed E-state index contributed by atoms with van der Waals surface area (Å²) in [5.41, 5.74) is 2.86. The van der Waals surface area contributed by atoms with Gasteiger partial charge in [-0.3, -0.25) is 0 Å². The Morgan fingerprint density at radius 2 is 1.84 bits per heavy atom. The Morgan fingerprint density at radius 1 is 1.21 bits per heavy atom. The van der Waals surface area contributed by atoms with Gasteiger partial charge in [-0.25, -0.2) is 0 Å². The molecule has 3 nitrogen and oxygen atoms in total. The van der Waals surface area contributed by atoms with Gasteiger partial charge in [0.25, 0.3) is 0 Å². The van der Waals surface area contributed by atoms with Crippen LogP contribution < -0.4 is 14.4 Å². The highest BCUT2D eigenvalue weighted by Crippen LogP contribution is 2.35. The first-order chi connectivity index (χ1) is 9.06. The van der Waals surface area contributed by atoms with E-state index in [9.17, 15) is 0 Å². The molecule has 0 spiro atoms. The standard InChI is InChI=1S/C16H25NO2/c1-11(2)8-14-13-10-16(19-5)15(18-4)9-12(13)6-7-17(14)3/h9-11,14H,6-8H2,1-5H3/p+1. The molecule has 2 rings (SSSR count). The second-order valence-corrected chi connectivity index (χ2v) is 5.93. The van der Waals surface area contributed by atoms with Crippen molar-refractivity contribution in [3.63, 3.8) is 0 Å². The zero-order chi connectivity index (χ0) is 14.0. The first kappa shape index (κ1) is 14.2. The fourth-order valence-corrected chi connectivity index (χ4v) is 3.05. The molecule has 2 atom stereocenters. The molecule has 1 aliphatic rings. The molecule has 1 N–H and O–H groups in total. The van der Waals surface area contributed by atoms with Crippen LogP contribution in [0.25, 0.3) is 0 Å². The van der Waals surface area contributed by atoms with Gasteiger partial charge in [-0.15, -0.1) is 0 Å². The molecule has 0 aromatic heterocycles. The van der Waals surface area contributed by atoms with Gasteiger partial charge in [-0.1, -0.05) is 13.8 Å². The molecule has 1 heterocycles. The summed E-state index contributed by atoms with van der Waals surface area (Å²) in [6, 6.07) is 4.92. The zero-order valence-corrected chi connectivity index (χ0v) is 12.7. The maximum Gasteiger partial charge on any atom is 0.161 e. The highest BCUT2D eigenvalue weighted by Gasteiger charge is 2.30. The van der Waals surface area contributed by atoms with Crippen molar-refractivity contribution in [2.75, 3.05) is 27.8 Å². The molecule has 0 bridgehead atoms. The Balaban J connectivity index is 2.42. The number of hydrogen-bond donors (Lipinski definition) is 1. The van der Waals surface area contributed by atoms with E-state index in [0.717, 1.165) is 17.9 Å². The zero-order valence-electron chi connectivity index (χ0n) is 12.7. The number of likely N-dealkylation sites (N-methyl/N-ethyl adjacent to an activating group) is 1. The number of methoxy groups -OCH3 is 2. The van der Waals surface area contributed by atoms with E-state index in [0.29, 0.717) is 12.0 Å². The molecule has 0 radical (unpaired) electrons. The third-order valence-corrected chi connectivity index (χ3v) is 4.11. The van der Waals surface area contributed by atoms with Crippen molar-refractivity contribution in [2.45, 2.75) is 32.7 Å². The Bertz CT molecular complexity index is 443. The van der Waals surface area contributed by atoms with E-state index in [1.807, 2.05) is 0 Å². The summed E-state index contributed by atoms with van der Waals surface area (Å²) in [5, 5.41) is 0. The molecule has 106 valence electrons. The predicted molar refractivity (Wildman–Crippen MR) is 77.2 cm³/mol. The van der Waals surface area contributed by atoms with Gasteiger partial charge in [0.15, 0.2) is 11.5 Å². The van der Waals surface area contributed by atoms with Crippen molar-refractivity contribution in [1.29, 1.82) is 0 Å². The molecule has 0 saturated heterocycles. The first-order valence-corrected chi connectivity index (χ1v) is 7.14. The van der Waals surface area contributed by atoms with Crippen LogP contribution >= 0.6 is 0 Å². The van der Waals surface area contributed by atoms with Crippen molar-refractivity contribution in [1.82, 2.24) is 0 Å². The van der Waals surface area contributed by atoms with Crippen molar-refractivity contribution in [2.24, 2.45) is 5.92 Å². The van der Waals surface area contributed by atoms with E-state index in [1.165, 1.54) is 24.1 Å². The fraction of sp³-hybridized carbons (Fsp3) is 0.625. The second-order valence-electron chi connectivity index (χ2n) is 5.93. The number of nitrogens with one attached hydrogen (secondary N) is 1. The summed E-state index contributed by atoms with van der Waals surface area (Å²) in [6.45, 7) is 5.78. The largest absolute Gasteiger partial charge is 0.493 e. The fourth-order valence-electron chi connectivity index (χ4n) is 3.05. The van der Waals surface area contributed by atoms with Crippen LogP contribution in [0.1, 0.15) is 37.4 Å². The lowest BCUT2D eigenvalue weighted by Crippen LogP contribution is -3.10. The number of hydrogen-bond acceptors (Lipinski definition) is 2. The van der Waals surface area contributed by atoms with Gasteiger partial charge < -0.3 is 14.4 Å². The number of quaternary nitrogens is 1. The average Bonchev–Trinajstić information content (AvgIpc) is 2.40. The number of ether oxygens (including phenoxy) is 2. The topological polar surface area (TPSA) is 22.9 Å². The molecule has 2 unspecified atom stereocenters. The maximum absolute atomic E-state index is 5.46. The van der Waals surface area contributed by atoms with Crippen molar-refractivity contribution in [3.05, 3.63) is 23.3 Å². The minimum atomic E-state index is 0.573. The molecular weight excluding hydrogens is 238 g/mol. The molecular formula is C16H26NO2+. The molecule has 0 aliphatic carbocycles.